The van der Waals surface area contributed by atoms with Gasteiger partial charge in [0, 0.05) is 37.4 Å². The van der Waals surface area contributed by atoms with Gasteiger partial charge in [-0.05, 0) is 6.42 Å². The van der Waals surface area contributed by atoms with Crippen LogP contribution in [0.1, 0.15) is 39.0 Å². The first kappa shape index (κ1) is 16.2. The van der Waals surface area contributed by atoms with Crippen LogP contribution in [-0.4, -0.2) is 40.2 Å². The molecule has 1 heterocycles. The zero-order chi connectivity index (χ0) is 14.1. The van der Waals surface area contributed by atoms with Crippen LogP contribution in [0.2, 0.25) is 0 Å². The van der Waals surface area contributed by atoms with Crippen molar-refractivity contribution in [3.05, 3.63) is 0 Å². The minimum absolute atomic E-state index is 0.0797. The van der Waals surface area contributed by atoms with Gasteiger partial charge in [0.2, 0.25) is 5.16 Å². The average Bonchev–Trinajstić information content (AvgIpc) is 2.81. The SMILES string of the molecule is CCCCCCCOc1nc(SC(=O)N(C)C)ns1. The molecule has 19 heavy (non-hydrogen) atoms. The number of thioether (sulfide) groups is 1. The molecule has 108 valence electrons. The highest BCUT2D eigenvalue weighted by Crippen LogP contribution is 2.23. The van der Waals surface area contributed by atoms with Crippen molar-refractivity contribution < 1.29 is 9.53 Å². The molecular formula is C12H21N3O2S2. The Morgan fingerprint density at radius 3 is 2.74 bits per heavy atom. The van der Waals surface area contributed by atoms with Crippen LogP contribution in [0.15, 0.2) is 5.16 Å². The van der Waals surface area contributed by atoms with Crippen LogP contribution in [0.4, 0.5) is 4.79 Å². The summed E-state index contributed by atoms with van der Waals surface area (Å²) in [6.45, 7) is 2.87. The molecule has 0 fully saturated rings. The largest absolute Gasteiger partial charge is 0.469 e. The predicted molar refractivity (Wildman–Crippen MR) is 79.1 cm³/mol. The molecule has 0 spiro atoms. The number of amides is 1. The molecule has 0 saturated heterocycles. The van der Waals surface area contributed by atoms with E-state index in [0.717, 1.165) is 18.2 Å². The molecule has 0 radical (unpaired) electrons. The lowest BCUT2D eigenvalue weighted by Crippen LogP contribution is -2.16. The van der Waals surface area contributed by atoms with Crippen LogP contribution in [0.3, 0.4) is 0 Å². The van der Waals surface area contributed by atoms with Gasteiger partial charge in [-0.2, -0.15) is 9.36 Å². The van der Waals surface area contributed by atoms with Crippen molar-refractivity contribution in [1.29, 1.82) is 0 Å². The van der Waals surface area contributed by atoms with E-state index in [0.29, 0.717) is 17.0 Å². The van der Waals surface area contributed by atoms with E-state index < -0.39 is 0 Å². The van der Waals surface area contributed by atoms with Gasteiger partial charge >= 0.3 is 0 Å². The molecule has 0 atom stereocenters. The predicted octanol–water partition coefficient (Wildman–Crippen LogP) is 3.66. The van der Waals surface area contributed by atoms with Crippen LogP contribution < -0.4 is 4.74 Å². The van der Waals surface area contributed by atoms with Crippen molar-refractivity contribution in [3.63, 3.8) is 0 Å². The standard InChI is InChI=1S/C12H21N3O2S2/c1-4-5-6-7-8-9-17-11-13-10(14-19-11)18-12(16)15(2)3/h4-9H2,1-3H3. The zero-order valence-corrected chi connectivity index (χ0v) is 13.4. The van der Waals surface area contributed by atoms with E-state index in [1.54, 1.807) is 14.1 Å². The number of carbonyl (C=O) groups excluding carboxylic acids is 1. The van der Waals surface area contributed by atoms with Crippen molar-refractivity contribution in [1.82, 2.24) is 14.3 Å². The highest BCUT2D eigenvalue weighted by atomic mass is 32.2. The summed E-state index contributed by atoms with van der Waals surface area (Å²) < 4.78 is 9.60. The molecule has 0 unspecified atom stereocenters. The molecule has 1 amide bonds. The summed E-state index contributed by atoms with van der Waals surface area (Å²) in [5.41, 5.74) is 0. The van der Waals surface area contributed by atoms with E-state index in [2.05, 4.69) is 16.3 Å². The number of ether oxygens (including phenoxy) is 1. The second-order valence-electron chi connectivity index (χ2n) is 4.37. The summed E-state index contributed by atoms with van der Waals surface area (Å²) in [6, 6.07) is 0. The molecular weight excluding hydrogens is 282 g/mol. The Kier molecular flexibility index (Phi) is 7.81. The monoisotopic (exact) mass is 303 g/mol. The van der Waals surface area contributed by atoms with Crippen LogP contribution in [0.25, 0.3) is 0 Å². The highest BCUT2D eigenvalue weighted by molar-refractivity contribution is 8.13. The fraction of sp³-hybridized carbons (Fsp3) is 0.750. The van der Waals surface area contributed by atoms with Gasteiger partial charge in [-0.25, -0.2) is 0 Å². The van der Waals surface area contributed by atoms with Crippen LogP contribution >= 0.6 is 23.3 Å². The number of carbonyl (C=O) groups is 1. The Morgan fingerprint density at radius 2 is 2.05 bits per heavy atom. The fourth-order valence-electron chi connectivity index (χ4n) is 1.33. The number of rotatable bonds is 8. The van der Waals surface area contributed by atoms with E-state index >= 15 is 0 Å². The quantitative estimate of drug-likeness (QED) is 0.542. The fourth-order valence-corrected chi connectivity index (χ4v) is 2.58. The van der Waals surface area contributed by atoms with E-state index in [1.165, 1.54) is 42.1 Å². The molecule has 1 rings (SSSR count). The molecule has 0 saturated carbocycles. The first-order chi connectivity index (χ1) is 9.13. The zero-order valence-electron chi connectivity index (χ0n) is 11.7. The maximum Gasteiger partial charge on any atom is 0.293 e. The summed E-state index contributed by atoms with van der Waals surface area (Å²) in [7, 11) is 3.41. The van der Waals surface area contributed by atoms with E-state index in [-0.39, 0.29) is 5.24 Å². The van der Waals surface area contributed by atoms with Crippen molar-refractivity contribution in [2.45, 2.75) is 44.2 Å². The molecule has 1 aromatic rings. The molecule has 5 nitrogen and oxygen atoms in total. The molecule has 1 aromatic heterocycles. The third-order valence-electron chi connectivity index (χ3n) is 2.41. The average molecular weight is 303 g/mol. The highest BCUT2D eigenvalue weighted by Gasteiger charge is 2.12. The van der Waals surface area contributed by atoms with Crippen LogP contribution in [-0.2, 0) is 0 Å². The number of hydrogen-bond acceptors (Lipinski definition) is 6. The summed E-state index contributed by atoms with van der Waals surface area (Å²) in [6.07, 6.45) is 6.02. The Morgan fingerprint density at radius 1 is 1.32 bits per heavy atom. The maximum atomic E-state index is 11.5. The van der Waals surface area contributed by atoms with Crippen molar-refractivity contribution in [2.75, 3.05) is 20.7 Å². The first-order valence-electron chi connectivity index (χ1n) is 6.49. The minimum Gasteiger partial charge on any atom is -0.469 e. The molecule has 0 aromatic carbocycles. The number of nitrogens with zero attached hydrogens (tertiary/aromatic N) is 3. The molecule has 0 aliphatic rings. The van der Waals surface area contributed by atoms with E-state index in [4.69, 9.17) is 4.74 Å². The number of aromatic nitrogens is 2. The first-order valence-corrected chi connectivity index (χ1v) is 8.08. The molecule has 0 aliphatic heterocycles. The smallest absolute Gasteiger partial charge is 0.293 e. The second kappa shape index (κ2) is 9.14. The second-order valence-corrected chi connectivity index (χ2v) is 6.00. The lowest BCUT2D eigenvalue weighted by molar-refractivity contribution is 0.241. The maximum absolute atomic E-state index is 11.5. The van der Waals surface area contributed by atoms with Gasteiger partial charge in [-0.3, -0.25) is 4.79 Å². The third-order valence-corrected chi connectivity index (χ3v) is 4.06. The Hall–Kier alpha value is -0.820. The van der Waals surface area contributed by atoms with Gasteiger partial charge in [-0.15, -0.1) is 0 Å². The molecule has 0 aliphatic carbocycles. The van der Waals surface area contributed by atoms with Crippen molar-refractivity contribution in [3.8, 4) is 5.19 Å². The summed E-state index contributed by atoms with van der Waals surface area (Å²) in [5.74, 6) is 0. The van der Waals surface area contributed by atoms with Gasteiger partial charge < -0.3 is 9.64 Å². The summed E-state index contributed by atoms with van der Waals surface area (Å²) >= 11 is 2.21. The Labute approximate surface area is 122 Å². The topological polar surface area (TPSA) is 55.3 Å². The Balaban J connectivity index is 2.21. The number of unbranched alkanes of at least 4 members (excludes halogenated alkanes) is 4. The van der Waals surface area contributed by atoms with Crippen molar-refractivity contribution >= 4 is 28.5 Å². The molecule has 0 bridgehead atoms. The third kappa shape index (κ3) is 6.77. The van der Waals surface area contributed by atoms with Crippen LogP contribution in [0, 0.1) is 0 Å². The van der Waals surface area contributed by atoms with Gasteiger partial charge in [0.15, 0.2) is 0 Å². The molecule has 0 N–H and O–H groups in total. The van der Waals surface area contributed by atoms with E-state index in [1.807, 2.05) is 0 Å². The molecule has 7 heteroatoms. The lowest BCUT2D eigenvalue weighted by Gasteiger charge is -2.06. The van der Waals surface area contributed by atoms with Gasteiger partial charge in [-0.1, -0.05) is 32.6 Å². The van der Waals surface area contributed by atoms with Crippen LogP contribution in [0.5, 0.6) is 5.19 Å². The van der Waals surface area contributed by atoms with Gasteiger partial charge in [0.1, 0.15) is 0 Å². The van der Waals surface area contributed by atoms with Crippen molar-refractivity contribution in [2.24, 2.45) is 0 Å². The lowest BCUT2D eigenvalue weighted by atomic mass is 10.2. The minimum atomic E-state index is -0.0797. The van der Waals surface area contributed by atoms with Gasteiger partial charge in [0.05, 0.1) is 6.61 Å². The van der Waals surface area contributed by atoms with Gasteiger partial charge in [0.25, 0.3) is 10.4 Å². The van der Waals surface area contributed by atoms with E-state index in [9.17, 15) is 4.79 Å². The summed E-state index contributed by atoms with van der Waals surface area (Å²) in [4.78, 5) is 17.1. The normalized spacial score (nSPS) is 10.5. The number of hydrogen-bond donors (Lipinski definition) is 0. The summed E-state index contributed by atoms with van der Waals surface area (Å²) in [5, 5.41) is 0.929. The Bertz CT molecular complexity index is 383.